The molecule has 1 saturated heterocycles. The van der Waals surface area contributed by atoms with E-state index < -0.39 is 0 Å². The lowest BCUT2D eigenvalue weighted by atomic mass is 10.0. The van der Waals surface area contributed by atoms with Gasteiger partial charge in [-0.3, -0.25) is 4.79 Å². The van der Waals surface area contributed by atoms with E-state index >= 15 is 0 Å². The van der Waals surface area contributed by atoms with E-state index in [0.29, 0.717) is 12.5 Å². The Labute approximate surface area is 114 Å². The molecular formula is C14H22N4O. The average Bonchev–Trinajstić information content (AvgIpc) is 2.48. The molecule has 1 aliphatic heterocycles. The van der Waals surface area contributed by atoms with Gasteiger partial charge in [0, 0.05) is 45.3 Å². The zero-order chi connectivity index (χ0) is 13.5. The number of pyridine rings is 1. The van der Waals surface area contributed by atoms with Gasteiger partial charge in [-0.15, -0.1) is 0 Å². The van der Waals surface area contributed by atoms with Crippen molar-refractivity contribution in [2.45, 2.75) is 25.3 Å². The first kappa shape index (κ1) is 13.8. The van der Waals surface area contributed by atoms with Gasteiger partial charge in [-0.1, -0.05) is 6.07 Å². The van der Waals surface area contributed by atoms with Crippen molar-refractivity contribution in [2.75, 3.05) is 31.6 Å². The Morgan fingerprint density at radius 2 is 2.21 bits per heavy atom. The van der Waals surface area contributed by atoms with Gasteiger partial charge >= 0.3 is 0 Å². The second kappa shape index (κ2) is 7.09. The highest BCUT2D eigenvalue weighted by atomic mass is 16.1. The van der Waals surface area contributed by atoms with Crippen LogP contribution in [0.25, 0.3) is 0 Å². The van der Waals surface area contributed by atoms with Crippen molar-refractivity contribution < 1.29 is 4.79 Å². The van der Waals surface area contributed by atoms with Crippen molar-refractivity contribution in [1.82, 2.24) is 15.6 Å². The molecule has 5 nitrogen and oxygen atoms in total. The first-order valence-electron chi connectivity index (χ1n) is 6.89. The van der Waals surface area contributed by atoms with Crippen LogP contribution in [-0.2, 0) is 4.79 Å². The van der Waals surface area contributed by atoms with Gasteiger partial charge in [-0.2, -0.15) is 0 Å². The maximum absolute atomic E-state index is 11.1. The zero-order valence-corrected chi connectivity index (χ0v) is 11.4. The minimum atomic E-state index is 0.0958. The van der Waals surface area contributed by atoms with Crippen molar-refractivity contribution in [3.63, 3.8) is 0 Å². The molecule has 0 radical (unpaired) electrons. The van der Waals surface area contributed by atoms with Crippen molar-refractivity contribution in [2.24, 2.45) is 0 Å². The summed E-state index contributed by atoms with van der Waals surface area (Å²) in [4.78, 5) is 17.8. The molecule has 2 rings (SSSR count). The van der Waals surface area contributed by atoms with Crippen LogP contribution in [0.3, 0.4) is 0 Å². The summed E-state index contributed by atoms with van der Waals surface area (Å²) < 4.78 is 0. The number of aromatic nitrogens is 1. The highest BCUT2D eigenvalue weighted by molar-refractivity contribution is 5.75. The lowest BCUT2D eigenvalue weighted by Gasteiger charge is -2.33. The number of piperidine rings is 1. The van der Waals surface area contributed by atoms with E-state index in [1.54, 1.807) is 7.05 Å². The van der Waals surface area contributed by atoms with Gasteiger partial charge in [0.15, 0.2) is 0 Å². The number of anilines is 1. The summed E-state index contributed by atoms with van der Waals surface area (Å²) in [5.41, 5.74) is 0. The van der Waals surface area contributed by atoms with E-state index in [0.717, 1.165) is 38.3 Å². The van der Waals surface area contributed by atoms with Gasteiger partial charge in [0.05, 0.1) is 0 Å². The third-order valence-corrected chi connectivity index (χ3v) is 3.53. The molecule has 0 aromatic carbocycles. The van der Waals surface area contributed by atoms with E-state index in [-0.39, 0.29) is 5.91 Å². The van der Waals surface area contributed by atoms with Crippen LogP contribution in [0, 0.1) is 0 Å². The maximum Gasteiger partial charge on any atom is 0.221 e. The van der Waals surface area contributed by atoms with Gasteiger partial charge in [0.25, 0.3) is 0 Å². The van der Waals surface area contributed by atoms with Crippen LogP contribution in [0.2, 0.25) is 0 Å². The van der Waals surface area contributed by atoms with Gasteiger partial charge in [0.1, 0.15) is 5.82 Å². The first-order valence-corrected chi connectivity index (χ1v) is 6.89. The minimum Gasteiger partial charge on any atom is -0.359 e. The van der Waals surface area contributed by atoms with E-state index in [2.05, 4.69) is 26.6 Å². The average molecular weight is 262 g/mol. The van der Waals surface area contributed by atoms with Crippen molar-refractivity contribution in [3.8, 4) is 0 Å². The Balaban J connectivity index is 1.69. The van der Waals surface area contributed by atoms with Crippen LogP contribution in [0.15, 0.2) is 24.4 Å². The fourth-order valence-electron chi connectivity index (χ4n) is 2.37. The molecule has 1 aliphatic rings. The monoisotopic (exact) mass is 262 g/mol. The quantitative estimate of drug-likeness (QED) is 0.823. The molecular weight excluding hydrogens is 240 g/mol. The normalized spacial score (nSPS) is 16.4. The van der Waals surface area contributed by atoms with Crippen LogP contribution in [0.1, 0.15) is 19.3 Å². The number of hydrogen-bond donors (Lipinski definition) is 2. The molecule has 0 aliphatic carbocycles. The lowest BCUT2D eigenvalue weighted by Crippen LogP contribution is -2.43. The van der Waals surface area contributed by atoms with Crippen LogP contribution in [0.5, 0.6) is 0 Å². The molecule has 0 unspecified atom stereocenters. The van der Waals surface area contributed by atoms with Gasteiger partial charge < -0.3 is 15.5 Å². The summed E-state index contributed by atoms with van der Waals surface area (Å²) >= 11 is 0. The second-order valence-corrected chi connectivity index (χ2v) is 4.83. The molecule has 2 heterocycles. The van der Waals surface area contributed by atoms with Gasteiger partial charge in [-0.05, 0) is 25.0 Å². The first-order chi connectivity index (χ1) is 9.29. The Morgan fingerprint density at radius 3 is 2.84 bits per heavy atom. The number of carbonyl (C=O) groups is 1. The second-order valence-electron chi connectivity index (χ2n) is 4.83. The van der Waals surface area contributed by atoms with Crippen molar-refractivity contribution in [3.05, 3.63) is 24.4 Å². The smallest absolute Gasteiger partial charge is 0.221 e. The molecule has 104 valence electrons. The minimum absolute atomic E-state index is 0.0958. The van der Waals surface area contributed by atoms with E-state index in [1.165, 1.54) is 0 Å². The predicted octanol–water partition coefficient (Wildman–Crippen LogP) is 0.776. The third kappa shape index (κ3) is 4.21. The van der Waals surface area contributed by atoms with Crippen molar-refractivity contribution in [1.29, 1.82) is 0 Å². The molecule has 5 heteroatoms. The molecule has 0 bridgehead atoms. The lowest BCUT2D eigenvalue weighted by molar-refractivity contribution is -0.120. The number of nitrogens with zero attached hydrogens (tertiary/aromatic N) is 2. The molecule has 19 heavy (non-hydrogen) atoms. The molecule has 1 aromatic heterocycles. The molecule has 2 N–H and O–H groups in total. The summed E-state index contributed by atoms with van der Waals surface area (Å²) in [6.45, 7) is 2.80. The summed E-state index contributed by atoms with van der Waals surface area (Å²) in [7, 11) is 1.67. The summed E-state index contributed by atoms with van der Waals surface area (Å²) in [5, 5.41) is 6.09. The summed E-state index contributed by atoms with van der Waals surface area (Å²) in [6, 6.07) is 6.54. The summed E-state index contributed by atoms with van der Waals surface area (Å²) in [5.74, 6) is 1.16. The number of rotatable bonds is 5. The molecule has 1 aromatic rings. The fourth-order valence-corrected chi connectivity index (χ4v) is 2.37. The largest absolute Gasteiger partial charge is 0.359 e. The molecule has 1 amide bonds. The van der Waals surface area contributed by atoms with Crippen LogP contribution >= 0.6 is 0 Å². The molecule has 0 saturated carbocycles. The summed E-state index contributed by atoms with van der Waals surface area (Å²) in [6.07, 6.45) is 4.59. The van der Waals surface area contributed by atoms with E-state index in [4.69, 9.17) is 0 Å². The Hall–Kier alpha value is -1.62. The number of nitrogens with one attached hydrogen (secondary N) is 2. The van der Waals surface area contributed by atoms with Crippen LogP contribution in [0.4, 0.5) is 5.82 Å². The van der Waals surface area contributed by atoms with Crippen molar-refractivity contribution >= 4 is 11.7 Å². The van der Waals surface area contributed by atoms with Crippen LogP contribution < -0.4 is 15.5 Å². The predicted molar refractivity (Wildman–Crippen MR) is 76.2 cm³/mol. The number of carbonyl (C=O) groups excluding carboxylic acids is 1. The zero-order valence-electron chi connectivity index (χ0n) is 11.4. The fraction of sp³-hybridized carbons (Fsp3) is 0.571. The Bertz CT molecular complexity index is 388. The molecule has 1 fully saturated rings. The van der Waals surface area contributed by atoms with E-state index in [1.807, 2.05) is 18.3 Å². The number of amides is 1. The Kier molecular flexibility index (Phi) is 5.15. The topological polar surface area (TPSA) is 57.3 Å². The SMILES string of the molecule is CNC(=O)CCNC1CCN(c2ccccn2)CC1. The molecule has 0 atom stereocenters. The Morgan fingerprint density at radius 1 is 1.42 bits per heavy atom. The maximum atomic E-state index is 11.1. The number of hydrogen-bond acceptors (Lipinski definition) is 4. The highest BCUT2D eigenvalue weighted by Gasteiger charge is 2.19. The van der Waals surface area contributed by atoms with Gasteiger partial charge in [0.2, 0.25) is 5.91 Å². The van der Waals surface area contributed by atoms with Crippen LogP contribution in [-0.4, -0.2) is 43.6 Å². The van der Waals surface area contributed by atoms with E-state index in [9.17, 15) is 4.79 Å². The van der Waals surface area contributed by atoms with Gasteiger partial charge in [-0.25, -0.2) is 4.98 Å². The third-order valence-electron chi connectivity index (χ3n) is 3.53. The standard InChI is InChI=1S/C14H22N4O/c1-15-14(19)5-9-16-12-6-10-18(11-7-12)13-4-2-3-8-17-13/h2-4,8,12,16H,5-7,9-11H2,1H3,(H,15,19). The highest BCUT2D eigenvalue weighted by Crippen LogP contribution is 2.16. The molecule has 0 spiro atoms.